The molecule has 1 amide bonds. The minimum atomic E-state index is -3.32. The maximum atomic E-state index is 13.2. The van der Waals surface area contributed by atoms with Crippen LogP contribution in [0.2, 0.25) is 0 Å². The molecule has 0 aromatic heterocycles. The molecule has 0 bridgehead atoms. The van der Waals surface area contributed by atoms with Crippen LogP contribution in [0.25, 0.3) is 11.6 Å². The third-order valence-corrected chi connectivity index (χ3v) is 4.47. The van der Waals surface area contributed by atoms with Gasteiger partial charge in [0.15, 0.2) is 9.84 Å². The molecule has 1 heterocycles. The second kappa shape index (κ2) is 5.06. The highest BCUT2D eigenvalue weighted by atomic mass is 32.2. The third kappa shape index (κ3) is 2.65. The van der Waals surface area contributed by atoms with Crippen LogP contribution in [-0.4, -0.2) is 20.6 Å². The molecule has 2 aromatic rings. The first-order chi connectivity index (χ1) is 10.3. The van der Waals surface area contributed by atoms with Crippen molar-refractivity contribution < 1.29 is 17.6 Å². The lowest BCUT2D eigenvalue weighted by atomic mass is 10.0. The molecule has 1 aliphatic heterocycles. The number of halogens is 1. The number of hydrogen-bond acceptors (Lipinski definition) is 3. The average molecular weight is 317 g/mol. The summed E-state index contributed by atoms with van der Waals surface area (Å²) < 4.78 is 36.4. The number of fused-ring (bicyclic) bond motifs is 1. The van der Waals surface area contributed by atoms with Crippen molar-refractivity contribution in [3.05, 3.63) is 59.4 Å². The molecule has 4 nitrogen and oxygen atoms in total. The molecule has 2 aromatic carbocycles. The highest BCUT2D eigenvalue weighted by Crippen LogP contribution is 2.33. The van der Waals surface area contributed by atoms with Gasteiger partial charge >= 0.3 is 0 Å². The van der Waals surface area contributed by atoms with E-state index in [1.807, 2.05) is 0 Å². The molecule has 0 aliphatic carbocycles. The van der Waals surface area contributed by atoms with Crippen LogP contribution in [0.5, 0.6) is 0 Å². The van der Waals surface area contributed by atoms with Gasteiger partial charge in [0, 0.05) is 17.4 Å². The minimum Gasteiger partial charge on any atom is -0.321 e. The number of carbonyl (C=O) groups excluding carboxylic acids is 1. The molecule has 22 heavy (non-hydrogen) atoms. The number of rotatable bonds is 2. The summed E-state index contributed by atoms with van der Waals surface area (Å²) in [6.07, 6.45) is 2.72. The van der Waals surface area contributed by atoms with E-state index in [4.69, 9.17) is 0 Å². The molecular weight excluding hydrogens is 305 g/mol. The van der Waals surface area contributed by atoms with Crippen LogP contribution >= 0.6 is 0 Å². The van der Waals surface area contributed by atoms with Crippen molar-refractivity contribution in [1.82, 2.24) is 0 Å². The van der Waals surface area contributed by atoms with E-state index in [0.29, 0.717) is 22.4 Å². The summed E-state index contributed by atoms with van der Waals surface area (Å²) in [6, 6.07) is 10.4. The van der Waals surface area contributed by atoms with Crippen molar-refractivity contribution in [3.8, 4) is 0 Å². The molecule has 112 valence electrons. The molecule has 1 aliphatic rings. The van der Waals surface area contributed by atoms with Gasteiger partial charge in [-0.05, 0) is 42.0 Å². The predicted molar refractivity (Wildman–Crippen MR) is 82.5 cm³/mol. The Morgan fingerprint density at radius 1 is 1.14 bits per heavy atom. The highest BCUT2D eigenvalue weighted by Gasteiger charge is 2.24. The number of anilines is 1. The Morgan fingerprint density at radius 2 is 1.91 bits per heavy atom. The van der Waals surface area contributed by atoms with E-state index < -0.39 is 15.7 Å². The fourth-order valence-corrected chi connectivity index (χ4v) is 2.99. The molecule has 0 fully saturated rings. The maximum absolute atomic E-state index is 13.2. The summed E-state index contributed by atoms with van der Waals surface area (Å²) in [4.78, 5) is 12.2. The monoisotopic (exact) mass is 317 g/mol. The SMILES string of the molecule is CS(=O)(=O)c1cccc(C=C2C(=O)Nc3cc(F)ccc32)c1. The smallest absolute Gasteiger partial charge is 0.256 e. The molecule has 0 saturated heterocycles. The first-order valence-electron chi connectivity index (χ1n) is 6.48. The average Bonchev–Trinajstić information content (AvgIpc) is 2.74. The highest BCUT2D eigenvalue weighted by molar-refractivity contribution is 7.90. The largest absolute Gasteiger partial charge is 0.321 e. The predicted octanol–water partition coefficient (Wildman–Crippen LogP) is 2.72. The van der Waals surface area contributed by atoms with E-state index >= 15 is 0 Å². The first-order valence-corrected chi connectivity index (χ1v) is 8.37. The van der Waals surface area contributed by atoms with Crippen LogP contribution in [0, 0.1) is 5.82 Å². The molecule has 0 saturated carbocycles. The topological polar surface area (TPSA) is 63.2 Å². The van der Waals surface area contributed by atoms with E-state index in [9.17, 15) is 17.6 Å². The fraction of sp³-hybridized carbons (Fsp3) is 0.0625. The lowest BCUT2D eigenvalue weighted by molar-refractivity contribution is -0.110. The quantitative estimate of drug-likeness (QED) is 0.866. The van der Waals surface area contributed by atoms with E-state index in [1.54, 1.807) is 18.2 Å². The summed E-state index contributed by atoms with van der Waals surface area (Å²) in [5, 5.41) is 2.59. The van der Waals surface area contributed by atoms with Gasteiger partial charge in [0.05, 0.1) is 10.6 Å². The van der Waals surface area contributed by atoms with Gasteiger partial charge in [-0.15, -0.1) is 0 Å². The number of nitrogens with one attached hydrogen (secondary N) is 1. The molecule has 0 unspecified atom stereocenters. The van der Waals surface area contributed by atoms with Gasteiger partial charge in [0.1, 0.15) is 5.82 Å². The zero-order valence-electron chi connectivity index (χ0n) is 11.6. The number of sulfone groups is 1. The Kier molecular flexibility index (Phi) is 3.33. The van der Waals surface area contributed by atoms with E-state index in [1.165, 1.54) is 30.3 Å². The van der Waals surface area contributed by atoms with Crippen LogP contribution < -0.4 is 5.32 Å². The number of benzene rings is 2. The lowest BCUT2D eigenvalue weighted by Crippen LogP contribution is -2.03. The van der Waals surface area contributed by atoms with Crippen LogP contribution in [0.4, 0.5) is 10.1 Å². The number of carbonyl (C=O) groups is 1. The Balaban J connectivity index is 2.09. The summed E-state index contributed by atoms with van der Waals surface area (Å²) in [5.74, 6) is -0.773. The zero-order valence-corrected chi connectivity index (χ0v) is 12.4. The molecule has 0 atom stereocenters. The van der Waals surface area contributed by atoms with Crippen LogP contribution in [-0.2, 0) is 14.6 Å². The van der Waals surface area contributed by atoms with E-state index in [0.717, 1.165) is 6.26 Å². The van der Waals surface area contributed by atoms with Crippen molar-refractivity contribution in [2.45, 2.75) is 4.90 Å². The van der Waals surface area contributed by atoms with Gasteiger partial charge in [-0.3, -0.25) is 4.79 Å². The van der Waals surface area contributed by atoms with Crippen molar-refractivity contribution in [3.63, 3.8) is 0 Å². The Bertz CT molecular complexity index is 917. The third-order valence-electron chi connectivity index (χ3n) is 3.36. The molecule has 1 N–H and O–H groups in total. The molecule has 0 spiro atoms. The van der Waals surface area contributed by atoms with Gasteiger partial charge in [-0.1, -0.05) is 12.1 Å². The lowest BCUT2D eigenvalue weighted by Gasteiger charge is -2.02. The van der Waals surface area contributed by atoms with Gasteiger partial charge < -0.3 is 5.32 Å². The molecule has 6 heteroatoms. The maximum Gasteiger partial charge on any atom is 0.256 e. The van der Waals surface area contributed by atoms with E-state index in [2.05, 4.69) is 5.32 Å². The van der Waals surface area contributed by atoms with Gasteiger partial charge in [0.2, 0.25) is 0 Å². The van der Waals surface area contributed by atoms with Gasteiger partial charge in [-0.25, -0.2) is 12.8 Å². The minimum absolute atomic E-state index is 0.180. The normalized spacial score (nSPS) is 15.7. The summed E-state index contributed by atoms with van der Waals surface area (Å²) in [6.45, 7) is 0. The summed E-state index contributed by atoms with van der Waals surface area (Å²) in [7, 11) is -3.32. The Labute approximate surface area is 127 Å². The van der Waals surface area contributed by atoms with Crippen LogP contribution in [0.1, 0.15) is 11.1 Å². The second-order valence-corrected chi connectivity index (χ2v) is 7.06. The first kappa shape index (κ1) is 14.5. The molecule has 3 rings (SSSR count). The Hall–Kier alpha value is -2.47. The number of hydrogen-bond donors (Lipinski definition) is 1. The van der Waals surface area contributed by atoms with Crippen LogP contribution in [0.15, 0.2) is 47.4 Å². The summed E-state index contributed by atoms with van der Waals surface area (Å²) in [5.41, 5.74) is 1.97. The van der Waals surface area contributed by atoms with Crippen molar-refractivity contribution in [2.24, 2.45) is 0 Å². The number of amides is 1. The summed E-state index contributed by atoms with van der Waals surface area (Å²) >= 11 is 0. The molecular formula is C16H12FNO3S. The van der Waals surface area contributed by atoms with Crippen molar-refractivity contribution in [1.29, 1.82) is 0 Å². The zero-order chi connectivity index (χ0) is 15.9. The standard InChI is InChI=1S/C16H12FNO3S/c1-22(20,21)12-4-2-3-10(7-12)8-14-13-6-5-11(17)9-15(13)18-16(14)19/h2-9H,1H3,(H,18,19). The van der Waals surface area contributed by atoms with Crippen molar-refractivity contribution >= 4 is 33.1 Å². The fourth-order valence-electron chi connectivity index (χ4n) is 2.31. The van der Waals surface area contributed by atoms with Gasteiger partial charge in [0.25, 0.3) is 5.91 Å². The van der Waals surface area contributed by atoms with Crippen molar-refractivity contribution in [2.75, 3.05) is 11.6 Å². The van der Waals surface area contributed by atoms with E-state index in [-0.39, 0.29) is 10.8 Å². The van der Waals surface area contributed by atoms with Gasteiger partial charge in [-0.2, -0.15) is 0 Å². The van der Waals surface area contributed by atoms with Crippen LogP contribution in [0.3, 0.4) is 0 Å². The Morgan fingerprint density at radius 3 is 2.64 bits per heavy atom. The molecule has 0 radical (unpaired) electrons. The second-order valence-electron chi connectivity index (χ2n) is 5.05.